The lowest BCUT2D eigenvalue weighted by Gasteiger charge is -2.09. The predicted molar refractivity (Wildman–Crippen MR) is 86.1 cm³/mol. The molecule has 0 saturated heterocycles. The number of hydrogen-bond acceptors (Lipinski definition) is 4. The Morgan fingerprint density at radius 1 is 1.09 bits per heavy atom. The van der Waals surface area contributed by atoms with Gasteiger partial charge >= 0.3 is 0 Å². The largest absolute Gasteiger partial charge is 0.454 e. The SMILES string of the molecule is O=C(CNc1ccc2c(c1)OCO2)Nc1ccc(Cl)cc1Cl. The van der Waals surface area contributed by atoms with Crippen molar-refractivity contribution in [3.8, 4) is 11.5 Å². The number of rotatable bonds is 4. The fourth-order valence-corrected chi connectivity index (χ4v) is 2.43. The fourth-order valence-electron chi connectivity index (χ4n) is 1.97. The Morgan fingerprint density at radius 3 is 2.73 bits per heavy atom. The van der Waals surface area contributed by atoms with Crippen LogP contribution in [-0.2, 0) is 4.79 Å². The minimum absolute atomic E-state index is 0.0958. The molecule has 0 spiro atoms. The lowest BCUT2D eigenvalue weighted by molar-refractivity contribution is -0.114. The maximum Gasteiger partial charge on any atom is 0.243 e. The third kappa shape index (κ3) is 3.37. The smallest absolute Gasteiger partial charge is 0.243 e. The number of anilines is 2. The number of hydrogen-bond donors (Lipinski definition) is 2. The fraction of sp³-hybridized carbons (Fsp3) is 0.133. The van der Waals surface area contributed by atoms with Gasteiger partial charge in [-0.1, -0.05) is 23.2 Å². The second-order valence-electron chi connectivity index (χ2n) is 4.59. The summed E-state index contributed by atoms with van der Waals surface area (Å²) in [5, 5.41) is 6.63. The summed E-state index contributed by atoms with van der Waals surface area (Å²) < 4.78 is 10.5. The molecular formula is C15H12Cl2N2O3. The second-order valence-corrected chi connectivity index (χ2v) is 5.44. The van der Waals surface area contributed by atoms with E-state index in [4.69, 9.17) is 32.7 Å². The maximum absolute atomic E-state index is 11.9. The van der Waals surface area contributed by atoms with Gasteiger partial charge in [-0.3, -0.25) is 4.79 Å². The summed E-state index contributed by atoms with van der Waals surface area (Å²) >= 11 is 11.8. The van der Waals surface area contributed by atoms with E-state index in [9.17, 15) is 4.79 Å². The van der Waals surface area contributed by atoms with Crippen LogP contribution < -0.4 is 20.1 Å². The summed E-state index contributed by atoms with van der Waals surface area (Å²) in [5.41, 5.74) is 1.28. The highest BCUT2D eigenvalue weighted by Gasteiger charge is 2.13. The van der Waals surface area contributed by atoms with Crippen molar-refractivity contribution >= 4 is 40.5 Å². The molecule has 0 atom stereocenters. The average molecular weight is 339 g/mol. The standard InChI is InChI=1S/C15H12Cl2N2O3/c16-9-1-3-12(11(17)5-9)19-15(20)7-18-10-2-4-13-14(6-10)22-8-21-13/h1-6,18H,7-8H2,(H,19,20). The molecule has 2 aromatic carbocycles. The molecule has 7 heteroatoms. The Hall–Kier alpha value is -2.11. The monoisotopic (exact) mass is 338 g/mol. The van der Waals surface area contributed by atoms with E-state index in [0.29, 0.717) is 27.2 Å². The van der Waals surface area contributed by atoms with Gasteiger partial charge in [0.25, 0.3) is 0 Å². The van der Waals surface area contributed by atoms with E-state index >= 15 is 0 Å². The molecule has 1 aliphatic heterocycles. The molecule has 0 fully saturated rings. The zero-order valence-electron chi connectivity index (χ0n) is 11.4. The van der Waals surface area contributed by atoms with Crippen LogP contribution in [0.15, 0.2) is 36.4 Å². The zero-order valence-corrected chi connectivity index (χ0v) is 12.9. The van der Waals surface area contributed by atoms with Crippen LogP contribution in [0.1, 0.15) is 0 Å². The molecule has 3 rings (SSSR count). The molecule has 22 heavy (non-hydrogen) atoms. The molecule has 1 amide bonds. The molecule has 2 N–H and O–H groups in total. The number of ether oxygens (including phenoxy) is 2. The van der Waals surface area contributed by atoms with Crippen LogP contribution in [-0.4, -0.2) is 19.2 Å². The minimum atomic E-state index is -0.220. The molecule has 0 aliphatic carbocycles. The Balaban J connectivity index is 1.58. The van der Waals surface area contributed by atoms with Gasteiger partial charge in [0.2, 0.25) is 12.7 Å². The molecule has 0 saturated carbocycles. The van der Waals surface area contributed by atoms with Crippen molar-refractivity contribution in [3.63, 3.8) is 0 Å². The van der Waals surface area contributed by atoms with Crippen LogP contribution in [0.4, 0.5) is 11.4 Å². The highest BCUT2D eigenvalue weighted by Crippen LogP contribution is 2.34. The van der Waals surface area contributed by atoms with E-state index in [1.807, 2.05) is 6.07 Å². The number of fused-ring (bicyclic) bond motifs is 1. The number of carbonyl (C=O) groups is 1. The number of halogens is 2. The second kappa shape index (κ2) is 6.34. The Bertz CT molecular complexity index is 722. The van der Waals surface area contributed by atoms with Crippen LogP contribution in [0.2, 0.25) is 10.0 Å². The van der Waals surface area contributed by atoms with Gasteiger partial charge in [-0.2, -0.15) is 0 Å². The van der Waals surface area contributed by atoms with Gasteiger partial charge in [-0.05, 0) is 30.3 Å². The first-order chi connectivity index (χ1) is 10.6. The van der Waals surface area contributed by atoms with Crippen molar-refractivity contribution in [2.75, 3.05) is 24.0 Å². The quantitative estimate of drug-likeness (QED) is 0.890. The highest BCUT2D eigenvalue weighted by molar-refractivity contribution is 6.36. The lowest BCUT2D eigenvalue weighted by atomic mass is 10.2. The van der Waals surface area contributed by atoms with Crippen molar-refractivity contribution in [2.45, 2.75) is 0 Å². The van der Waals surface area contributed by atoms with Crippen molar-refractivity contribution in [2.24, 2.45) is 0 Å². The molecule has 0 bridgehead atoms. The van der Waals surface area contributed by atoms with Gasteiger partial charge in [0.15, 0.2) is 11.5 Å². The first-order valence-electron chi connectivity index (χ1n) is 6.50. The van der Waals surface area contributed by atoms with Gasteiger partial charge in [0.1, 0.15) is 0 Å². The van der Waals surface area contributed by atoms with Crippen LogP contribution in [0, 0.1) is 0 Å². The molecule has 114 valence electrons. The topological polar surface area (TPSA) is 59.6 Å². The molecule has 2 aromatic rings. The molecule has 1 aliphatic rings. The summed E-state index contributed by atoms with van der Waals surface area (Å²) in [6, 6.07) is 10.3. The van der Waals surface area contributed by atoms with Crippen molar-refractivity contribution in [1.82, 2.24) is 0 Å². The van der Waals surface area contributed by atoms with E-state index in [2.05, 4.69) is 10.6 Å². The molecule has 0 aromatic heterocycles. The highest BCUT2D eigenvalue weighted by atomic mass is 35.5. The molecule has 1 heterocycles. The summed E-state index contributed by atoms with van der Waals surface area (Å²) in [6.07, 6.45) is 0. The van der Waals surface area contributed by atoms with Crippen molar-refractivity contribution in [3.05, 3.63) is 46.4 Å². The van der Waals surface area contributed by atoms with E-state index in [1.165, 1.54) is 0 Å². The van der Waals surface area contributed by atoms with E-state index < -0.39 is 0 Å². The summed E-state index contributed by atoms with van der Waals surface area (Å²) in [7, 11) is 0. The van der Waals surface area contributed by atoms with Crippen molar-refractivity contribution < 1.29 is 14.3 Å². The third-order valence-electron chi connectivity index (χ3n) is 3.03. The number of carbonyl (C=O) groups excluding carboxylic acids is 1. The minimum Gasteiger partial charge on any atom is -0.454 e. The van der Waals surface area contributed by atoms with Crippen LogP contribution >= 0.6 is 23.2 Å². The summed E-state index contributed by atoms with van der Waals surface area (Å²) in [6.45, 7) is 0.312. The predicted octanol–water partition coefficient (Wildman–Crippen LogP) is 3.77. The van der Waals surface area contributed by atoms with Gasteiger partial charge in [-0.25, -0.2) is 0 Å². The van der Waals surface area contributed by atoms with Crippen LogP contribution in [0.5, 0.6) is 11.5 Å². The van der Waals surface area contributed by atoms with E-state index in [1.54, 1.807) is 30.3 Å². The van der Waals surface area contributed by atoms with E-state index in [0.717, 1.165) is 5.69 Å². The summed E-state index contributed by atoms with van der Waals surface area (Å²) in [5.74, 6) is 1.14. The third-order valence-corrected chi connectivity index (χ3v) is 3.58. The molecule has 0 unspecified atom stereocenters. The average Bonchev–Trinajstić information content (AvgIpc) is 2.95. The van der Waals surface area contributed by atoms with Crippen LogP contribution in [0.25, 0.3) is 0 Å². The lowest BCUT2D eigenvalue weighted by Crippen LogP contribution is -2.21. The Labute approximate surface area is 137 Å². The molecule has 0 radical (unpaired) electrons. The van der Waals surface area contributed by atoms with Gasteiger partial charge in [-0.15, -0.1) is 0 Å². The van der Waals surface area contributed by atoms with Gasteiger partial charge in [0, 0.05) is 16.8 Å². The van der Waals surface area contributed by atoms with Crippen molar-refractivity contribution in [1.29, 1.82) is 0 Å². The van der Waals surface area contributed by atoms with Crippen LogP contribution in [0.3, 0.4) is 0 Å². The first kappa shape index (κ1) is 14.8. The normalized spacial score (nSPS) is 12.1. The van der Waals surface area contributed by atoms with Gasteiger partial charge in [0.05, 0.1) is 17.3 Å². The number of nitrogens with one attached hydrogen (secondary N) is 2. The Kier molecular flexibility index (Phi) is 4.27. The molecular weight excluding hydrogens is 327 g/mol. The summed E-state index contributed by atoms with van der Waals surface area (Å²) in [4.78, 5) is 11.9. The molecule has 5 nitrogen and oxygen atoms in total. The number of amides is 1. The first-order valence-corrected chi connectivity index (χ1v) is 7.26. The zero-order chi connectivity index (χ0) is 15.5. The van der Waals surface area contributed by atoms with E-state index in [-0.39, 0.29) is 19.2 Å². The Morgan fingerprint density at radius 2 is 1.91 bits per heavy atom. The number of benzene rings is 2. The maximum atomic E-state index is 11.9. The van der Waals surface area contributed by atoms with Gasteiger partial charge < -0.3 is 20.1 Å².